The number of ether oxygens (including phenoxy) is 1. The second-order valence-electron chi connectivity index (χ2n) is 5.61. The molecular formula is C18H22N4O3. The van der Waals surface area contributed by atoms with Crippen molar-refractivity contribution in [2.75, 3.05) is 38.0 Å². The van der Waals surface area contributed by atoms with Crippen LogP contribution in [0.25, 0.3) is 0 Å². The number of methoxy groups -OCH3 is 1. The van der Waals surface area contributed by atoms with E-state index in [2.05, 4.69) is 15.6 Å². The fraction of sp³-hybridized carbons (Fsp3) is 0.278. The van der Waals surface area contributed by atoms with Gasteiger partial charge in [0.1, 0.15) is 0 Å². The van der Waals surface area contributed by atoms with Crippen LogP contribution in [0.2, 0.25) is 0 Å². The number of nitrogens with zero attached hydrogens (tertiary/aromatic N) is 2. The molecule has 2 amide bonds. The standard InChI is InChI=1S/C18H22N4O3/c1-22(2)15-7-4-13(5-8-15)10-11-19-17(23)18(24)21-14-6-9-16(25-3)20-12-14/h4-9,12H,10-11H2,1-3H3,(H,19,23)(H,21,24). The van der Waals surface area contributed by atoms with Gasteiger partial charge in [-0.25, -0.2) is 4.98 Å². The number of amides is 2. The van der Waals surface area contributed by atoms with Gasteiger partial charge in [-0.05, 0) is 30.2 Å². The topological polar surface area (TPSA) is 83.6 Å². The molecule has 1 heterocycles. The first-order valence-electron chi connectivity index (χ1n) is 7.85. The number of rotatable bonds is 6. The van der Waals surface area contributed by atoms with Crippen LogP contribution in [-0.2, 0) is 16.0 Å². The first-order chi connectivity index (χ1) is 12.0. The Morgan fingerprint density at radius 2 is 1.80 bits per heavy atom. The van der Waals surface area contributed by atoms with Crippen LogP contribution in [0.5, 0.6) is 5.88 Å². The van der Waals surface area contributed by atoms with Crippen LogP contribution in [0.3, 0.4) is 0 Å². The lowest BCUT2D eigenvalue weighted by Gasteiger charge is -2.12. The van der Waals surface area contributed by atoms with Gasteiger partial charge < -0.3 is 20.3 Å². The molecule has 0 spiro atoms. The zero-order valence-corrected chi connectivity index (χ0v) is 14.6. The third-order valence-corrected chi connectivity index (χ3v) is 3.56. The summed E-state index contributed by atoms with van der Waals surface area (Å²) in [6.45, 7) is 0.383. The highest BCUT2D eigenvalue weighted by molar-refractivity contribution is 6.39. The van der Waals surface area contributed by atoms with Crippen LogP contribution < -0.4 is 20.3 Å². The molecule has 2 N–H and O–H groups in total. The molecule has 2 rings (SSSR count). The molecule has 7 nitrogen and oxygen atoms in total. The van der Waals surface area contributed by atoms with Crippen molar-refractivity contribution in [2.24, 2.45) is 0 Å². The Balaban J connectivity index is 1.77. The van der Waals surface area contributed by atoms with Gasteiger partial charge in [0.2, 0.25) is 5.88 Å². The van der Waals surface area contributed by atoms with Crippen LogP contribution in [0.15, 0.2) is 42.6 Å². The van der Waals surface area contributed by atoms with E-state index in [4.69, 9.17) is 4.74 Å². The molecule has 0 unspecified atom stereocenters. The Bertz CT molecular complexity index is 712. The fourth-order valence-electron chi connectivity index (χ4n) is 2.12. The Kier molecular flexibility index (Phi) is 6.33. The van der Waals surface area contributed by atoms with E-state index in [1.54, 1.807) is 12.1 Å². The summed E-state index contributed by atoms with van der Waals surface area (Å²) in [6, 6.07) is 11.3. The average molecular weight is 342 g/mol. The monoisotopic (exact) mass is 342 g/mol. The van der Waals surface area contributed by atoms with E-state index in [0.29, 0.717) is 24.5 Å². The summed E-state index contributed by atoms with van der Waals surface area (Å²) < 4.78 is 4.93. The third-order valence-electron chi connectivity index (χ3n) is 3.56. The van der Waals surface area contributed by atoms with Crippen molar-refractivity contribution in [1.82, 2.24) is 10.3 Å². The minimum absolute atomic E-state index is 0.383. The molecule has 0 fully saturated rings. The number of hydrogen-bond donors (Lipinski definition) is 2. The summed E-state index contributed by atoms with van der Waals surface area (Å²) in [5.41, 5.74) is 2.63. The van der Waals surface area contributed by atoms with Gasteiger partial charge in [0.25, 0.3) is 0 Å². The molecule has 0 atom stereocenters. The first kappa shape index (κ1) is 18.3. The maximum Gasteiger partial charge on any atom is 0.313 e. The molecule has 0 aliphatic heterocycles. The van der Waals surface area contributed by atoms with Crippen LogP contribution in [0.4, 0.5) is 11.4 Å². The molecule has 132 valence electrons. The van der Waals surface area contributed by atoms with Crippen molar-refractivity contribution >= 4 is 23.2 Å². The normalized spacial score (nSPS) is 10.0. The molecule has 0 aliphatic carbocycles. The largest absolute Gasteiger partial charge is 0.481 e. The Labute approximate surface area is 147 Å². The number of benzene rings is 1. The first-order valence-corrected chi connectivity index (χ1v) is 7.85. The zero-order chi connectivity index (χ0) is 18.2. The summed E-state index contributed by atoms with van der Waals surface area (Å²) in [5, 5.41) is 5.09. The van der Waals surface area contributed by atoms with Crippen molar-refractivity contribution in [2.45, 2.75) is 6.42 Å². The molecule has 1 aromatic carbocycles. The predicted molar refractivity (Wildman–Crippen MR) is 96.9 cm³/mol. The number of carbonyl (C=O) groups excluding carboxylic acids is 2. The summed E-state index contributed by atoms with van der Waals surface area (Å²) >= 11 is 0. The molecule has 0 saturated heterocycles. The number of anilines is 2. The third kappa shape index (κ3) is 5.49. The van der Waals surface area contributed by atoms with E-state index in [9.17, 15) is 9.59 Å². The highest BCUT2D eigenvalue weighted by Gasteiger charge is 2.13. The molecule has 0 radical (unpaired) electrons. The van der Waals surface area contributed by atoms with E-state index in [1.165, 1.54) is 13.3 Å². The van der Waals surface area contributed by atoms with Crippen molar-refractivity contribution in [3.05, 3.63) is 48.2 Å². The minimum atomic E-state index is -0.727. The predicted octanol–water partition coefficient (Wildman–Crippen LogP) is 1.45. The fourth-order valence-corrected chi connectivity index (χ4v) is 2.12. The highest BCUT2D eigenvalue weighted by Crippen LogP contribution is 2.12. The minimum Gasteiger partial charge on any atom is -0.481 e. The lowest BCUT2D eigenvalue weighted by atomic mass is 10.1. The Morgan fingerprint density at radius 1 is 1.08 bits per heavy atom. The van der Waals surface area contributed by atoms with Gasteiger partial charge in [-0.2, -0.15) is 0 Å². The molecule has 0 bridgehead atoms. The van der Waals surface area contributed by atoms with Crippen LogP contribution >= 0.6 is 0 Å². The van der Waals surface area contributed by atoms with Crippen LogP contribution in [-0.4, -0.2) is 44.5 Å². The lowest BCUT2D eigenvalue weighted by molar-refractivity contribution is -0.136. The van der Waals surface area contributed by atoms with Crippen molar-refractivity contribution in [3.63, 3.8) is 0 Å². The van der Waals surface area contributed by atoms with Crippen molar-refractivity contribution in [3.8, 4) is 5.88 Å². The number of hydrogen-bond acceptors (Lipinski definition) is 5. The van der Waals surface area contributed by atoms with Gasteiger partial charge in [-0.3, -0.25) is 9.59 Å². The Morgan fingerprint density at radius 3 is 2.36 bits per heavy atom. The van der Waals surface area contributed by atoms with Gasteiger partial charge in [0, 0.05) is 32.4 Å². The van der Waals surface area contributed by atoms with E-state index >= 15 is 0 Å². The number of carbonyl (C=O) groups is 2. The average Bonchev–Trinajstić information content (AvgIpc) is 2.62. The number of pyridine rings is 1. The highest BCUT2D eigenvalue weighted by atomic mass is 16.5. The van der Waals surface area contributed by atoms with E-state index in [0.717, 1.165) is 11.3 Å². The van der Waals surface area contributed by atoms with Gasteiger partial charge in [-0.15, -0.1) is 0 Å². The smallest absolute Gasteiger partial charge is 0.313 e. The Hall–Kier alpha value is -3.09. The molecule has 0 aliphatic rings. The van der Waals surface area contributed by atoms with Gasteiger partial charge in [0.15, 0.2) is 0 Å². The molecule has 1 aromatic heterocycles. The summed E-state index contributed by atoms with van der Waals surface area (Å²) in [7, 11) is 5.46. The van der Waals surface area contributed by atoms with Crippen LogP contribution in [0.1, 0.15) is 5.56 Å². The molecule has 0 saturated carbocycles. The van der Waals surface area contributed by atoms with E-state index in [-0.39, 0.29) is 0 Å². The van der Waals surface area contributed by atoms with Crippen molar-refractivity contribution in [1.29, 1.82) is 0 Å². The summed E-state index contributed by atoms with van der Waals surface area (Å²) in [4.78, 5) is 29.6. The van der Waals surface area contributed by atoms with Gasteiger partial charge in [-0.1, -0.05) is 12.1 Å². The maximum absolute atomic E-state index is 11.8. The second-order valence-corrected chi connectivity index (χ2v) is 5.61. The molecule has 25 heavy (non-hydrogen) atoms. The molecular weight excluding hydrogens is 320 g/mol. The van der Waals surface area contributed by atoms with E-state index < -0.39 is 11.8 Å². The lowest BCUT2D eigenvalue weighted by Crippen LogP contribution is -2.36. The maximum atomic E-state index is 11.8. The molecule has 2 aromatic rings. The SMILES string of the molecule is COc1ccc(NC(=O)C(=O)NCCc2ccc(N(C)C)cc2)cn1. The molecule has 7 heteroatoms. The van der Waals surface area contributed by atoms with Gasteiger partial charge in [0.05, 0.1) is 19.0 Å². The van der Waals surface area contributed by atoms with Crippen molar-refractivity contribution < 1.29 is 14.3 Å². The quantitative estimate of drug-likeness (QED) is 0.777. The van der Waals surface area contributed by atoms with E-state index in [1.807, 2.05) is 43.3 Å². The summed E-state index contributed by atoms with van der Waals surface area (Å²) in [6.07, 6.45) is 2.08. The van der Waals surface area contributed by atoms with Crippen LogP contribution in [0, 0.1) is 0 Å². The second kappa shape index (κ2) is 8.68. The number of nitrogens with one attached hydrogen (secondary N) is 2. The summed E-state index contributed by atoms with van der Waals surface area (Å²) in [5.74, 6) is -0.974. The zero-order valence-electron chi connectivity index (χ0n) is 14.6. The van der Waals surface area contributed by atoms with Gasteiger partial charge >= 0.3 is 11.8 Å². The number of aromatic nitrogens is 1.